The van der Waals surface area contributed by atoms with Crippen molar-refractivity contribution in [1.29, 1.82) is 5.26 Å². The number of benzene rings is 2. The molecule has 2 amide bonds. The van der Waals surface area contributed by atoms with Gasteiger partial charge in [-0.2, -0.15) is 18.4 Å². The molecule has 2 aromatic carbocycles. The molecular weight excluding hydrogens is 477 g/mol. The Hall–Kier alpha value is -4.66. The van der Waals surface area contributed by atoms with E-state index in [1.54, 1.807) is 30.3 Å². The highest BCUT2D eigenvalue weighted by Crippen LogP contribution is 2.32. The Labute approximate surface area is 203 Å². The third kappa shape index (κ3) is 5.69. The summed E-state index contributed by atoms with van der Waals surface area (Å²) in [4.78, 5) is 28.0. The number of hydrogen-bond donors (Lipinski definition) is 1. The molecule has 0 aliphatic carbocycles. The lowest BCUT2D eigenvalue weighted by molar-refractivity contribution is -0.138. The number of piperazine rings is 1. The summed E-state index contributed by atoms with van der Waals surface area (Å²) in [7, 11) is 0. The molecule has 12 heteroatoms. The Kier molecular flexibility index (Phi) is 7.00. The fraction of sp³-hybridized carbons (Fsp3) is 0.208. The number of rotatable bonds is 4. The first kappa shape index (κ1) is 24.5. The van der Waals surface area contributed by atoms with Crippen molar-refractivity contribution in [3.63, 3.8) is 0 Å². The molecule has 0 bridgehead atoms. The summed E-state index contributed by atoms with van der Waals surface area (Å²) in [5.41, 5.74) is -0.443. The molecule has 0 unspecified atom stereocenters. The first-order chi connectivity index (χ1) is 17.2. The summed E-state index contributed by atoms with van der Waals surface area (Å²) in [6, 6.07) is 16.0. The van der Waals surface area contributed by atoms with Crippen molar-refractivity contribution in [2.24, 2.45) is 0 Å². The van der Waals surface area contributed by atoms with E-state index in [1.165, 1.54) is 29.2 Å². The lowest BCUT2D eigenvalue weighted by atomic mass is 10.1. The van der Waals surface area contributed by atoms with E-state index < -0.39 is 23.7 Å². The molecule has 1 aliphatic rings. The Morgan fingerprint density at radius 1 is 0.944 bits per heavy atom. The highest BCUT2D eigenvalue weighted by Gasteiger charge is 2.36. The van der Waals surface area contributed by atoms with Gasteiger partial charge in [0.05, 0.1) is 22.8 Å². The first-order valence-corrected chi connectivity index (χ1v) is 10.8. The van der Waals surface area contributed by atoms with Crippen LogP contribution in [0.5, 0.6) is 5.88 Å². The van der Waals surface area contributed by atoms with Crippen LogP contribution in [0.2, 0.25) is 0 Å². The van der Waals surface area contributed by atoms with Crippen molar-refractivity contribution < 1.29 is 27.5 Å². The minimum absolute atomic E-state index is 0.0394. The van der Waals surface area contributed by atoms with E-state index in [-0.39, 0.29) is 24.5 Å². The number of nitriles is 1. The van der Waals surface area contributed by atoms with Crippen LogP contribution in [0.4, 0.5) is 29.5 Å². The van der Waals surface area contributed by atoms with Crippen molar-refractivity contribution >= 4 is 23.5 Å². The quantitative estimate of drug-likeness (QED) is 0.582. The van der Waals surface area contributed by atoms with Gasteiger partial charge in [0.15, 0.2) is 5.82 Å². The van der Waals surface area contributed by atoms with E-state index in [0.29, 0.717) is 30.2 Å². The van der Waals surface area contributed by atoms with E-state index in [2.05, 4.69) is 15.5 Å². The Morgan fingerprint density at radius 2 is 1.64 bits per heavy atom. The van der Waals surface area contributed by atoms with Crippen LogP contribution in [0.15, 0.2) is 60.7 Å². The van der Waals surface area contributed by atoms with Crippen LogP contribution in [-0.4, -0.2) is 53.3 Å². The van der Waals surface area contributed by atoms with Crippen molar-refractivity contribution in [1.82, 2.24) is 15.1 Å². The highest BCUT2D eigenvalue weighted by atomic mass is 19.4. The fourth-order valence-corrected chi connectivity index (χ4v) is 3.63. The molecule has 9 nitrogen and oxygen atoms in total. The van der Waals surface area contributed by atoms with Crippen molar-refractivity contribution in [2.75, 3.05) is 36.4 Å². The summed E-state index contributed by atoms with van der Waals surface area (Å²) in [6.45, 7) is 1.10. The second-order valence-corrected chi connectivity index (χ2v) is 7.76. The van der Waals surface area contributed by atoms with Gasteiger partial charge < -0.3 is 14.5 Å². The molecule has 0 spiro atoms. The average Bonchev–Trinajstić information content (AvgIpc) is 2.89. The van der Waals surface area contributed by atoms with Crippen molar-refractivity contribution in [2.45, 2.75) is 6.18 Å². The number of carbonyl (C=O) groups excluding carboxylic acids is 2. The van der Waals surface area contributed by atoms with E-state index in [4.69, 9.17) is 10.00 Å². The number of halogens is 3. The number of ether oxygens (including phenoxy) is 1. The van der Waals surface area contributed by atoms with Crippen LogP contribution in [0.25, 0.3) is 0 Å². The third-order valence-corrected chi connectivity index (χ3v) is 5.44. The van der Waals surface area contributed by atoms with Gasteiger partial charge in [0, 0.05) is 37.9 Å². The van der Waals surface area contributed by atoms with Gasteiger partial charge in [0.1, 0.15) is 0 Å². The molecule has 0 radical (unpaired) electrons. The van der Waals surface area contributed by atoms with Crippen LogP contribution in [0, 0.1) is 11.3 Å². The summed E-state index contributed by atoms with van der Waals surface area (Å²) in [5, 5.41) is 19.2. The fourth-order valence-electron chi connectivity index (χ4n) is 3.63. The number of nitrogens with one attached hydrogen (secondary N) is 1. The van der Waals surface area contributed by atoms with Crippen LogP contribution >= 0.6 is 0 Å². The van der Waals surface area contributed by atoms with Gasteiger partial charge >= 0.3 is 12.3 Å². The zero-order valence-corrected chi connectivity index (χ0v) is 18.7. The molecule has 1 saturated heterocycles. The molecule has 4 rings (SSSR count). The highest BCUT2D eigenvalue weighted by molar-refractivity contribution is 5.96. The molecule has 1 fully saturated rings. The SMILES string of the molecule is N#Cc1ccc(NC(=O)Oc2ccc(N3CCN(C(=O)c4ccccc4C(F)(F)F)CC3)nn2)cc1. The number of carbonyl (C=O) groups is 2. The van der Waals surface area contributed by atoms with E-state index >= 15 is 0 Å². The molecule has 1 N–H and O–H groups in total. The van der Waals surface area contributed by atoms with Crippen LogP contribution in [0.1, 0.15) is 21.5 Å². The minimum atomic E-state index is -4.62. The molecular formula is C24H19F3N6O3. The Balaban J connectivity index is 1.32. The van der Waals surface area contributed by atoms with Crippen LogP contribution < -0.4 is 15.0 Å². The molecule has 1 aromatic heterocycles. The van der Waals surface area contributed by atoms with Gasteiger partial charge in [-0.05, 0) is 42.5 Å². The minimum Gasteiger partial charge on any atom is -0.389 e. The monoisotopic (exact) mass is 496 g/mol. The summed E-state index contributed by atoms with van der Waals surface area (Å²) >= 11 is 0. The predicted molar refractivity (Wildman–Crippen MR) is 122 cm³/mol. The molecule has 184 valence electrons. The summed E-state index contributed by atoms with van der Waals surface area (Å²) in [6.07, 6.45) is -5.40. The number of amides is 2. The average molecular weight is 496 g/mol. The van der Waals surface area contributed by atoms with Gasteiger partial charge in [-0.3, -0.25) is 10.1 Å². The largest absolute Gasteiger partial charge is 0.418 e. The van der Waals surface area contributed by atoms with Gasteiger partial charge in [0.25, 0.3) is 5.91 Å². The maximum absolute atomic E-state index is 13.3. The predicted octanol–water partition coefficient (Wildman–Crippen LogP) is 3.94. The maximum atomic E-state index is 13.3. The maximum Gasteiger partial charge on any atom is 0.418 e. The van der Waals surface area contributed by atoms with E-state index in [9.17, 15) is 22.8 Å². The van der Waals surface area contributed by atoms with Gasteiger partial charge in [-0.25, -0.2) is 4.79 Å². The normalized spacial score (nSPS) is 13.6. The molecule has 36 heavy (non-hydrogen) atoms. The third-order valence-electron chi connectivity index (χ3n) is 5.44. The smallest absolute Gasteiger partial charge is 0.389 e. The lowest BCUT2D eigenvalue weighted by Gasteiger charge is -2.35. The second kappa shape index (κ2) is 10.3. The standard InChI is InChI=1S/C24H19F3N6O3/c25-24(26,27)19-4-2-1-3-18(19)22(34)33-13-11-32(12-14-33)20-9-10-21(31-30-20)36-23(35)29-17-7-5-16(15-28)6-8-17/h1-10H,11-14H2,(H,29,35). The second-order valence-electron chi connectivity index (χ2n) is 7.76. The zero-order valence-electron chi connectivity index (χ0n) is 18.7. The molecule has 2 heterocycles. The van der Waals surface area contributed by atoms with Crippen molar-refractivity contribution in [3.8, 4) is 11.9 Å². The van der Waals surface area contributed by atoms with Gasteiger partial charge in [0.2, 0.25) is 5.88 Å². The molecule has 0 atom stereocenters. The number of hydrogen-bond acceptors (Lipinski definition) is 7. The van der Waals surface area contributed by atoms with Crippen LogP contribution in [0.3, 0.4) is 0 Å². The summed E-state index contributed by atoms with van der Waals surface area (Å²) in [5.74, 6) is -0.245. The van der Waals surface area contributed by atoms with Crippen LogP contribution in [-0.2, 0) is 6.18 Å². The number of anilines is 2. The van der Waals surface area contributed by atoms with E-state index in [0.717, 1.165) is 6.07 Å². The Morgan fingerprint density at radius 3 is 2.25 bits per heavy atom. The first-order valence-electron chi connectivity index (χ1n) is 10.8. The molecule has 3 aromatic rings. The Bertz CT molecular complexity index is 1280. The van der Waals surface area contributed by atoms with E-state index in [1.807, 2.05) is 11.0 Å². The number of nitrogens with zero attached hydrogens (tertiary/aromatic N) is 5. The topological polar surface area (TPSA) is 111 Å². The van der Waals surface area contributed by atoms with Gasteiger partial charge in [-0.1, -0.05) is 12.1 Å². The molecule has 0 saturated carbocycles. The van der Waals surface area contributed by atoms with Gasteiger partial charge in [-0.15, -0.1) is 10.2 Å². The summed E-state index contributed by atoms with van der Waals surface area (Å²) < 4.78 is 44.9. The van der Waals surface area contributed by atoms with Crippen molar-refractivity contribution in [3.05, 3.63) is 77.4 Å². The molecule has 1 aliphatic heterocycles. The number of aromatic nitrogens is 2. The lowest BCUT2D eigenvalue weighted by Crippen LogP contribution is -2.49. The number of alkyl halides is 3. The zero-order chi connectivity index (χ0) is 25.7.